The molecule has 4 rings (SSSR count). The number of hydrogen-bond donors (Lipinski definition) is 2. The van der Waals surface area contributed by atoms with Crippen molar-refractivity contribution < 1.29 is 18.4 Å². The fraction of sp³-hybridized carbons (Fsp3) is 0.320. The number of aromatic nitrogens is 3. The maximum absolute atomic E-state index is 13.9. The lowest BCUT2D eigenvalue weighted by atomic mass is 9.95. The molecule has 2 heterocycles. The van der Waals surface area contributed by atoms with Crippen molar-refractivity contribution in [1.29, 1.82) is 0 Å². The third kappa shape index (κ3) is 5.79. The van der Waals surface area contributed by atoms with Crippen molar-refractivity contribution in [2.75, 3.05) is 5.32 Å². The third-order valence-corrected chi connectivity index (χ3v) is 6.28. The second-order valence-electron chi connectivity index (χ2n) is 8.79. The zero-order chi connectivity index (χ0) is 25.2. The average Bonchev–Trinajstić information content (AvgIpc) is 3.59. The van der Waals surface area contributed by atoms with E-state index in [1.54, 1.807) is 31.2 Å². The number of halogens is 3. The van der Waals surface area contributed by atoms with Gasteiger partial charge in [0.2, 0.25) is 5.91 Å². The molecule has 0 aliphatic heterocycles. The maximum Gasteiger partial charge on any atom is 0.272 e. The van der Waals surface area contributed by atoms with Gasteiger partial charge < -0.3 is 10.6 Å². The van der Waals surface area contributed by atoms with Crippen molar-refractivity contribution in [2.24, 2.45) is 5.41 Å². The summed E-state index contributed by atoms with van der Waals surface area (Å²) in [6.45, 7) is 2.64. The first-order valence-corrected chi connectivity index (χ1v) is 11.4. The molecule has 1 aromatic carbocycles. The van der Waals surface area contributed by atoms with Crippen LogP contribution in [0.25, 0.3) is 0 Å². The van der Waals surface area contributed by atoms with E-state index in [9.17, 15) is 18.4 Å². The minimum atomic E-state index is -3.02. The molecule has 182 valence electrons. The second kappa shape index (κ2) is 9.65. The maximum atomic E-state index is 13.9. The minimum absolute atomic E-state index is 0.0746. The van der Waals surface area contributed by atoms with Crippen LogP contribution in [-0.2, 0) is 17.3 Å². The molecule has 0 unspecified atom stereocenters. The number of nitrogens with one attached hydrogen (secondary N) is 2. The Hall–Kier alpha value is -3.46. The predicted octanol–water partition coefficient (Wildman–Crippen LogP) is 5.36. The monoisotopic (exact) mass is 499 g/mol. The van der Waals surface area contributed by atoms with E-state index in [0.717, 1.165) is 6.92 Å². The van der Waals surface area contributed by atoms with Crippen LogP contribution < -0.4 is 10.6 Å². The van der Waals surface area contributed by atoms with Gasteiger partial charge in [-0.3, -0.25) is 14.6 Å². The van der Waals surface area contributed by atoms with Gasteiger partial charge in [0.15, 0.2) is 5.78 Å². The Kier molecular flexibility index (Phi) is 6.80. The number of amides is 1. The van der Waals surface area contributed by atoms with Gasteiger partial charge in [-0.2, -0.15) is 0 Å². The summed E-state index contributed by atoms with van der Waals surface area (Å²) in [5, 5.41) is 6.01. The van der Waals surface area contributed by atoms with Gasteiger partial charge in [-0.1, -0.05) is 29.8 Å². The Bertz CT molecular complexity index is 1260. The fourth-order valence-electron chi connectivity index (χ4n) is 3.73. The molecular weight excluding hydrogens is 476 g/mol. The van der Waals surface area contributed by atoms with Crippen LogP contribution >= 0.6 is 11.6 Å². The van der Waals surface area contributed by atoms with E-state index in [2.05, 4.69) is 25.6 Å². The van der Waals surface area contributed by atoms with Gasteiger partial charge in [-0.05, 0) is 31.9 Å². The van der Waals surface area contributed by atoms with Crippen LogP contribution in [0.15, 0.2) is 48.9 Å². The van der Waals surface area contributed by atoms with Crippen molar-refractivity contribution in [3.05, 3.63) is 76.6 Å². The van der Waals surface area contributed by atoms with Crippen molar-refractivity contribution >= 4 is 34.7 Å². The quantitative estimate of drug-likeness (QED) is 0.385. The van der Waals surface area contributed by atoms with Gasteiger partial charge in [-0.15, -0.1) is 0 Å². The fourth-order valence-corrected chi connectivity index (χ4v) is 3.96. The molecule has 0 spiro atoms. The number of pyridine rings is 1. The molecule has 0 radical (unpaired) electrons. The van der Waals surface area contributed by atoms with E-state index in [4.69, 9.17) is 11.6 Å². The highest BCUT2D eigenvalue weighted by Crippen LogP contribution is 2.49. The van der Waals surface area contributed by atoms with Gasteiger partial charge in [-0.25, -0.2) is 18.7 Å². The number of nitrogens with zero attached hydrogens (tertiary/aromatic N) is 3. The molecule has 2 aromatic heterocycles. The average molecular weight is 500 g/mol. The number of carbonyl (C=O) groups excluding carboxylic acids is 2. The van der Waals surface area contributed by atoms with Crippen LogP contribution in [0.3, 0.4) is 0 Å². The Balaban J connectivity index is 1.38. The first kappa shape index (κ1) is 24.7. The Morgan fingerprint density at radius 2 is 1.80 bits per heavy atom. The summed E-state index contributed by atoms with van der Waals surface area (Å²) in [7, 11) is 0. The number of Topliss-reactive ketones (excluding diaryl/α,β-unsaturated/α-hetero) is 1. The third-order valence-electron chi connectivity index (χ3n) is 5.95. The number of para-hydroxylation sites is 1. The van der Waals surface area contributed by atoms with Crippen molar-refractivity contribution in [2.45, 2.75) is 45.6 Å². The summed E-state index contributed by atoms with van der Waals surface area (Å²) in [6.07, 6.45) is 5.71. The van der Waals surface area contributed by atoms with Gasteiger partial charge in [0.05, 0.1) is 40.1 Å². The Morgan fingerprint density at radius 1 is 1.11 bits per heavy atom. The van der Waals surface area contributed by atoms with E-state index in [-0.39, 0.29) is 40.9 Å². The van der Waals surface area contributed by atoms with Crippen molar-refractivity contribution in [1.82, 2.24) is 20.3 Å². The predicted molar refractivity (Wildman–Crippen MR) is 128 cm³/mol. The van der Waals surface area contributed by atoms with Crippen LogP contribution in [0, 0.1) is 12.3 Å². The van der Waals surface area contributed by atoms with Crippen molar-refractivity contribution in [3.8, 4) is 0 Å². The van der Waals surface area contributed by atoms with E-state index >= 15 is 0 Å². The van der Waals surface area contributed by atoms with Crippen LogP contribution in [0.4, 0.5) is 20.2 Å². The smallest absolute Gasteiger partial charge is 0.272 e. The first-order chi connectivity index (χ1) is 16.6. The molecule has 2 N–H and O–H groups in total. The molecule has 1 aliphatic carbocycles. The highest BCUT2D eigenvalue weighted by atomic mass is 35.5. The minimum Gasteiger partial charge on any atom is -0.354 e. The van der Waals surface area contributed by atoms with E-state index in [1.807, 2.05) is 0 Å². The number of anilines is 2. The summed E-state index contributed by atoms with van der Waals surface area (Å²) >= 11 is 6.35. The Labute approximate surface area is 206 Å². The number of rotatable bonds is 9. The zero-order valence-corrected chi connectivity index (χ0v) is 20.0. The Morgan fingerprint density at radius 3 is 2.43 bits per heavy atom. The van der Waals surface area contributed by atoms with Gasteiger partial charge in [0, 0.05) is 37.0 Å². The summed E-state index contributed by atoms with van der Waals surface area (Å²) in [5.41, 5.74) is 0.600. The molecule has 0 atom stereocenters. The molecule has 0 saturated heterocycles. The van der Waals surface area contributed by atoms with Crippen LogP contribution in [-0.4, -0.2) is 26.6 Å². The topological polar surface area (TPSA) is 96.9 Å². The van der Waals surface area contributed by atoms with Gasteiger partial charge in [0.25, 0.3) is 5.92 Å². The van der Waals surface area contributed by atoms with E-state index in [1.165, 1.54) is 24.7 Å². The molecule has 1 aliphatic rings. The largest absolute Gasteiger partial charge is 0.354 e. The van der Waals surface area contributed by atoms with Gasteiger partial charge in [0.1, 0.15) is 5.82 Å². The normalized spacial score (nSPS) is 14.3. The molecular formula is C25H24ClF2N5O2. The standard InChI is InChI=1S/C25H24ClF2N5O2/c1-15-29-11-16(12-30-15)22(34)10-25(7-8-25)23(35)32-14-21-19(26)9-17(13-31-21)33-20-6-4-3-5-18(20)24(2,27)28/h3-6,9,11-13,33H,7-8,10,14H2,1-2H3,(H,32,35). The molecule has 10 heteroatoms. The number of benzene rings is 1. The summed E-state index contributed by atoms with van der Waals surface area (Å²) < 4.78 is 27.8. The van der Waals surface area contributed by atoms with Crippen molar-refractivity contribution in [3.63, 3.8) is 0 Å². The lowest BCUT2D eigenvalue weighted by Gasteiger charge is -2.17. The highest BCUT2D eigenvalue weighted by molar-refractivity contribution is 6.31. The molecule has 0 bridgehead atoms. The number of alkyl halides is 2. The number of carbonyl (C=O) groups is 2. The van der Waals surface area contributed by atoms with Crippen LogP contribution in [0.5, 0.6) is 0 Å². The lowest BCUT2D eigenvalue weighted by Crippen LogP contribution is -2.33. The summed E-state index contributed by atoms with van der Waals surface area (Å²) in [5.74, 6) is -2.86. The summed E-state index contributed by atoms with van der Waals surface area (Å²) in [4.78, 5) is 37.7. The molecule has 1 fully saturated rings. The molecule has 1 saturated carbocycles. The SMILES string of the molecule is Cc1ncc(C(=O)CC2(C(=O)NCc3ncc(Nc4ccccc4C(C)(F)F)cc3Cl)CC2)cn1. The number of aryl methyl sites for hydroxylation is 1. The van der Waals surface area contributed by atoms with Crippen LogP contribution in [0.2, 0.25) is 5.02 Å². The van der Waals surface area contributed by atoms with E-state index in [0.29, 0.717) is 35.6 Å². The summed E-state index contributed by atoms with van der Waals surface area (Å²) in [6, 6.07) is 7.67. The second-order valence-corrected chi connectivity index (χ2v) is 9.20. The van der Waals surface area contributed by atoms with Gasteiger partial charge >= 0.3 is 0 Å². The first-order valence-electron chi connectivity index (χ1n) is 11.1. The number of ketones is 1. The highest BCUT2D eigenvalue weighted by Gasteiger charge is 2.51. The lowest BCUT2D eigenvalue weighted by molar-refractivity contribution is -0.126. The number of hydrogen-bond acceptors (Lipinski definition) is 6. The molecule has 7 nitrogen and oxygen atoms in total. The zero-order valence-electron chi connectivity index (χ0n) is 19.2. The molecule has 3 aromatic rings. The molecule has 35 heavy (non-hydrogen) atoms. The molecule has 1 amide bonds. The van der Waals surface area contributed by atoms with E-state index < -0.39 is 11.3 Å². The van der Waals surface area contributed by atoms with Crippen LogP contribution in [0.1, 0.15) is 53.6 Å².